The zero-order valence-electron chi connectivity index (χ0n) is 35.5. The summed E-state index contributed by atoms with van der Waals surface area (Å²) in [6.07, 6.45) is 3.73. The summed E-state index contributed by atoms with van der Waals surface area (Å²) in [5.41, 5.74) is -0.969. The van der Waals surface area contributed by atoms with E-state index in [0.29, 0.717) is 0 Å². The normalized spacial score (nSPS) is 15.9. The van der Waals surface area contributed by atoms with Crippen LogP contribution in [-0.4, -0.2) is 108 Å². The van der Waals surface area contributed by atoms with Crippen molar-refractivity contribution >= 4 is 41.4 Å². The Kier molecular flexibility index (Phi) is 16.8. The highest BCUT2D eigenvalue weighted by atomic mass is 16.6. The summed E-state index contributed by atoms with van der Waals surface area (Å²) in [6, 6.07) is 6.35. The summed E-state index contributed by atoms with van der Waals surface area (Å²) in [5.74, 6) is -3.50. The average Bonchev–Trinajstić information content (AvgIpc) is 3.42. The molecule has 0 saturated heterocycles. The Morgan fingerprint density at radius 3 is 1.95 bits per heavy atom. The van der Waals surface area contributed by atoms with E-state index in [1.165, 1.54) is 4.90 Å². The largest absolute Gasteiger partial charge is 0.458 e. The molecule has 0 fully saturated rings. The molecule has 310 valence electrons. The predicted molar refractivity (Wildman–Crippen MR) is 215 cm³/mol. The molecule has 0 aliphatic carbocycles. The molecule has 14 heteroatoms. The Bertz CT molecular complexity index is 1640. The van der Waals surface area contributed by atoms with Gasteiger partial charge in [0.1, 0.15) is 17.7 Å². The minimum atomic E-state index is -1.18. The Morgan fingerprint density at radius 1 is 0.875 bits per heavy atom. The highest BCUT2D eigenvalue weighted by Gasteiger charge is 2.42. The van der Waals surface area contributed by atoms with Crippen LogP contribution in [0.2, 0.25) is 0 Å². The summed E-state index contributed by atoms with van der Waals surface area (Å²) in [4.78, 5) is 93.8. The van der Waals surface area contributed by atoms with E-state index in [0.717, 1.165) is 22.6 Å². The van der Waals surface area contributed by atoms with E-state index in [2.05, 4.69) is 21.3 Å². The molecule has 2 rings (SSSR count). The van der Waals surface area contributed by atoms with Crippen LogP contribution in [0.4, 0.5) is 0 Å². The van der Waals surface area contributed by atoms with Gasteiger partial charge >= 0.3 is 5.97 Å². The number of hydrogen-bond acceptors (Lipinski definition) is 9. The summed E-state index contributed by atoms with van der Waals surface area (Å²) in [7, 11) is 3.35. The van der Waals surface area contributed by atoms with Crippen molar-refractivity contribution in [3.63, 3.8) is 0 Å². The van der Waals surface area contributed by atoms with Gasteiger partial charge < -0.3 is 30.9 Å². The van der Waals surface area contributed by atoms with Gasteiger partial charge in [-0.25, -0.2) is 4.79 Å². The first kappa shape index (κ1) is 47.3. The number of rotatable bonds is 18. The minimum Gasteiger partial charge on any atom is -0.458 e. The van der Waals surface area contributed by atoms with E-state index in [-0.39, 0.29) is 49.2 Å². The van der Waals surface area contributed by atoms with Gasteiger partial charge in [0, 0.05) is 49.7 Å². The second-order valence-corrected chi connectivity index (χ2v) is 17.3. The van der Waals surface area contributed by atoms with Gasteiger partial charge in [-0.3, -0.25) is 33.7 Å². The topological polar surface area (TPSA) is 183 Å². The number of benzene rings is 1. The van der Waals surface area contributed by atoms with Gasteiger partial charge in [-0.15, -0.1) is 0 Å². The number of imide groups is 1. The van der Waals surface area contributed by atoms with Gasteiger partial charge in [-0.1, -0.05) is 84.9 Å². The van der Waals surface area contributed by atoms with Crippen molar-refractivity contribution < 1.29 is 38.3 Å². The molecular formula is C42H64N6O8. The molecule has 0 spiro atoms. The summed E-state index contributed by atoms with van der Waals surface area (Å²) < 4.78 is 5.55. The van der Waals surface area contributed by atoms with Gasteiger partial charge in [0.2, 0.25) is 23.6 Å². The van der Waals surface area contributed by atoms with E-state index in [1.54, 1.807) is 47.9 Å². The van der Waals surface area contributed by atoms with Gasteiger partial charge in [0.25, 0.3) is 11.8 Å². The van der Waals surface area contributed by atoms with E-state index < -0.39 is 70.2 Å². The fourth-order valence-electron chi connectivity index (χ4n) is 6.38. The molecule has 0 saturated carbocycles. The van der Waals surface area contributed by atoms with Crippen LogP contribution in [0, 0.1) is 11.3 Å². The van der Waals surface area contributed by atoms with Crippen LogP contribution in [0.25, 0.3) is 0 Å². The second-order valence-electron chi connectivity index (χ2n) is 17.3. The fraction of sp³-hybridized carbons (Fsp3) is 0.595. The highest BCUT2D eigenvalue weighted by Crippen LogP contribution is 2.29. The van der Waals surface area contributed by atoms with Crippen molar-refractivity contribution in [3.8, 4) is 0 Å². The summed E-state index contributed by atoms with van der Waals surface area (Å²) in [6.45, 7) is 20.1. The first-order valence-electron chi connectivity index (χ1n) is 19.1. The molecule has 0 unspecified atom stereocenters. The molecular weight excluding hydrogens is 716 g/mol. The second kappa shape index (κ2) is 19.8. The van der Waals surface area contributed by atoms with Gasteiger partial charge in [-0.05, 0) is 58.1 Å². The first-order chi connectivity index (χ1) is 25.8. The number of hydrogen-bond donors (Lipinski definition) is 4. The molecule has 0 bridgehead atoms. The molecule has 1 aromatic carbocycles. The lowest BCUT2D eigenvalue weighted by atomic mass is 9.76. The lowest BCUT2D eigenvalue weighted by molar-refractivity contribution is -0.158. The summed E-state index contributed by atoms with van der Waals surface area (Å²) >= 11 is 0. The molecule has 1 heterocycles. The zero-order valence-corrected chi connectivity index (χ0v) is 35.5. The number of ether oxygens (including phenoxy) is 1. The number of amides is 6. The average molecular weight is 781 g/mol. The van der Waals surface area contributed by atoms with Crippen molar-refractivity contribution in [2.75, 3.05) is 27.2 Å². The lowest BCUT2D eigenvalue weighted by Gasteiger charge is -2.40. The first-order valence-corrected chi connectivity index (χ1v) is 19.1. The molecule has 0 aromatic heterocycles. The monoisotopic (exact) mass is 780 g/mol. The van der Waals surface area contributed by atoms with Crippen LogP contribution in [0.15, 0.2) is 54.1 Å². The SMILES string of the molecule is CN[C@H](C(=O)N[C@H](C(=O)N(C)[C@H](/C=C(\C)C(=O)N[C@H](CCC(=O)NCCN1C(=O)C=CC1=O)C(=O)OC(C)(C)C)C(C)C)C(C)(C)C)C(C)(C)c1ccccc1. The standard InChI is InChI=1S/C42H64N6O8/c1-26(2)30(47(13)38(54)35(40(4,5)6)46-37(53)34(43-12)42(10,11)28-17-15-14-16-18-28)25-27(3)36(52)45-29(39(55)56-41(7,8)9)19-20-31(49)44-23-24-48-32(50)21-22-33(48)51/h14-18,21-22,25-26,29-30,34-35,43H,19-20,23-24H2,1-13H3,(H,44,49)(H,45,52)(H,46,53)/b27-25+/t29-,30-,34-,35-/m1/s1. The zero-order chi connectivity index (χ0) is 42.8. The van der Waals surface area contributed by atoms with Crippen LogP contribution in [0.5, 0.6) is 0 Å². The maximum absolute atomic E-state index is 14.3. The number of nitrogens with zero attached hydrogens (tertiary/aromatic N) is 2. The lowest BCUT2D eigenvalue weighted by Crippen LogP contribution is -2.61. The number of likely N-dealkylation sites (N-methyl/N-ethyl adjacent to an activating group) is 2. The quantitative estimate of drug-likeness (QED) is 0.0988. The molecule has 1 aromatic rings. The van der Waals surface area contributed by atoms with Crippen LogP contribution in [0.1, 0.15) is 94.6 Å². The number of esters is 1. The van der Waals surface area contributed by atoms with Crippen molar-refractivity contribution in [3.05, 3.63) is 59.7 Å². The molecule has 0 radical (unpaired) electrons. The van der Waals surface area contributed by atoms with Crippen LogP contribution < -0.4 is 21.3 Å². The van der Waals surface area contributed by atoms with Crippen molar-refractivity contribution in [1.82, 2.24) is 31.1 Å². The highest BCUT2D eigenvalue weighted by molar-refractivity contribution is 6.12. The maximum Gasteiger partial charge on any atom is 0.329 e. The van der Waals surface area contributed by atoms with Crippen molar-refractivity contribution in [2.24, 2.45) is 11.3 Å². The minimum absolute atomic E-state index is 0.00757. The third-order valence-corrected chi connectivity index (χ3v) is 9.66. The van der Waals surface area contributed by atoms with Gasteiger partial charge in [-0.2, -0.15) is 0 Å². The Balaban J connectivity index is 2.24. The molecule has 56 heavy (non-hydrogen) atoms. The summed E-state index contributed by atoms with van der Waals surface area (Å²) in [5, 5.41) is 11.5. The molecule has 6 amide bonds. The smallest absolute Gasteiger partial charge is 0.329 e. The Morgan fingerprint density at radius 2 is 1.45 bits per heavy atom. The molecule has 1 aliphatic heterocycles. The molecule has 14 nitrogen and oxygen atoms in total. The predicted octanol–water partition coefficient (Wildman–Crippen LogP) is 3.16. The third-order valence-electron chi connectivity index (χ3n) is 9.66. The number of nitrogens with one attached hydrogen (secondary N) is 4. The number of carbonyl (C=O) groups is 7. The molecule has 4 N–H and O–H groups in total. The maximum atomic E-state index is 14.3. The van der Waals surface area contributed by atoms with Gasteiger partial charge in [0.05, 0.1) is 12.1 Å². The molecule has 4 atom stereocenters. The third kappa shape index (κ3) is 13.4. The van der Waals surface area contributed by atoms with E-state index in [9.17, 15) is 33.6 Å². The van der Waals surface area contributed by atoms with Crippen LogP contribution >= 0.6 is 0 Å². The van der Waals surface area contributed by atoms with E-state index >= 15 is 0 Å². The van der Waals surface area contributed by atoms with Gasteiger partial charge in [0.15, 0.2) is 0 Å². The van der Waals surface area contributed by atoms with Crippen LogP contribution in [0.3, 0.4) is 0 Å². The van der Waals surface area contributed by atoms with Crippen LogP contribution in [-0.2, 0) is 43.7 Å². The molecule has 1 aliphatic rings. The van der Waals surface area contributed by atoms with Crippen molar-refractivity contribution in [2.45, 2.75) is 124 Å². The fourth-order valence-corrected chi connectivity index (χ4v) is 6.38. The Labute approximate surface area is 332 Å². The van der Waals surface area contributed by atoms with E-state index in [4.69, 9.17) is 4.74 Å². The number of carbonyl (C=O) groups excluding carboxylic acids is 7. The van der Waals surface area contributed by atoms with E-state index in [1.807, 2.05) is 78.8 Å². The van der Waals surface area contributed by atoms with Crippen molar-refractivity contribution in [1.29, 1.82) is 0 Å². The Hall–Kier alpha value is -4.85.